The van der Waals surface area contributed by atoms with Gasteiger partial charge in [-0.25, -0.2) is 4.98 Å². The van der Waals surface area contributed by atoms with E-state index in [1.165, 1.54) is 0 Å². The van der Waals surface area contributed by atoms with Gasteiger partial charge < -0.3 is 10.1 Å². The molecule has 1 aromatic heterocycles. The van der Waals surface area contributed by atoms with Crippen LogP contribution in [0.5, 0.6) is 0 Å². The van der Waals surface area contributed by atoms with Crippen molar-refractivity contribution in [2.45, 2.75) is 25.3 Å². The smallest absolute Gasteiger partial charge is 0.270 e. The zero-order chi connectivity index (χ0) is 12.3. The Hall–Kier alpha value is -1.13. The van der Waals surface area contributed by atoms with Crippen LogP contribution in [0.2, 0.25) is 5.15 Å². The molecule has 1 saturated heterocycles. The summed E-state index contributed by atoms with van der Waals surface area (Å²) in [7, 11) is 0. The Morgan fingerprint density at radius 2 is 2.18 bits per heavy atom. The second-order valence-electron chi connectivity index (χ2n) is 4.47. The van der Waals surface area contributed by atoms with Crippen LogP contribution in [0.25, 0.3) is 0 Å². The first-order valence-corrected chi connectivity index (χ1v) is 6.00. The van der Waals surface area contributed by atoms with Crippen LogP contribution in [0, 0.1) is 0 Å². The zero-order valence-electron chi connectivity index (χ0n) is 9.70. The lowest BCUT2D eigenvalue weighted by Crippen LogP contribution is -2.49. The number of ether oxygens (including phenoxy) is 1. The zero-order valence-corrected chi connectivity index (χ0v) is 10.5. The molecular formula is C12H15ClN2O2. The third kappa shape index (κ3) is 3.17. The van der Waals surface area contributed by atoms with E-state index >= 15 is 0 Å². The number of carbonyl (C=O) groups is 1. The van der Waals surface area contributed by atoms with Gasteiger partial charge in [0.1, 0.15) is 10.8 Å². The molecule has 92 valence electrons. The van der Waals surface area contributed by atoms with Crippen LogP contribution in [0.1, 0.15) is 30.3 Å². The summed E-state index contributed by atoms with van der Waals surface area (Å²) in [5, 5.41) is 3.33. The van der Waals surface area contributed by atoms with E-state index in [2.05, 4.69) is 10.3 Å². The highest BCUT2D eigenvalue weighted by Gasteiger charge is 2.29. The van der Waals surface area contributed by atoms with Gasteiger partial charge in [0.25, 0.3) is 5.91 Å². The summed E-state index contributed by atoms with van der Waals surface area (Å²) in [5.41, 5.74) is 0.143. The van der Waals surface area contributed by atoms with Crippen molar-refractivity contribution in [2.75, 3.05) is 13.2 Å². The molecule has 1 aliphatic rings. The largest absolute Gasteiger partial charge is 0.381 e. The number of aromatic nitrogens is 1. The van der Waals surface area contributed by atoms with Crippen LogP contribution in [-0.4, -0.2) is 29.6 Å². The van der Waals surface area contributed by atoms with Gasteiger partial charge in [0.15, 0.2) is 0 Å². The highest BCUT2D eigenvalue weighted by Crippen LogP contribution is 2.20. The second-order valence-corrected chi connectivity index (χ2v) is 4.86. The lowest BCUT2D eigenvalue weighted by atomic mass is 9.92. The van der Waals surface area contributed by atoms with Crippen molar-refractivity contribution in [3.8, 4) is 0 Å². The van der Waals surface area contributed by atoms with Crippen molar-refractivity contribution in [3.63, 3.8) is 0 Å². The maximum absolute atomic E-state index is 12.0. The third-order valence-corrected chi connectivity index (χ3v) is 3.17. The molecule has 0 unspecified atom stereocenters. The number of nitrogens with zero attached hydrogens (tertiary/aromatic N) is 1. The Bertz CT molecular complexity index is 417. The summed E-state index contributed by atoms with van der Waals surface area (Å²) in [4.78, 5) is 16.0. The highest BCUT2D eigenvalue weighted by atomic mass is 35.5. The number of pyridine rings is 1. The van der Waals surface area contributed by atoms with Crippen LogP contribution in [0.4, 0.5) is 0 Å². The predicted molar refractivity (Wildman–Crippen MR) is 65.2 cm³/mol. The highest BCUT2D eigenvalue weighted by molar-refractivity contribution is 6.29. The Morgan fingerprint density at radius 3 is 2.82 bits per heavy atom. The van der Waals surface area contributed by atoms with Gasteiger partial charge in [-0.2, -0.15) is 0 Å². The molecule has 2 heterocycles. The number of hydrogen-bond acceptors (Lipinski definition) is 3. The van der Waals surface area contributed by atoms with Gasteiger partial charge in [-0.1, -0.05) is 17.7 Å². The first-order valence-electron chi connectivity index (χ1n) is 5.62. The molecule has 1 amide bonds. The molecule has 2 rings (SSSR count). The fourth-order valence-electron chi connectivity index (χ4n) is 1.82. The molecule has 1 aliphatic heterocycles. The van der Waals surface area contributed by atoms with Gasteiger partial charge in [-0.3, -0.25) is 4.79 Å². The topological polar surface area (TPSA) is 51.2 Å². The van der Waals surface area contributed by atoms with E-state index in [1.54, 1.807) is 18.2 Å². The number of nitrogens with one attached hydrogen (secondary N) is 1. The molecule has 0 spiro atoms. The third-order valence-electron chi connectivity index (χ3n) is 2.96. The van der Waals surface area contributed by atoms with Crippen molar-refractivity contribution >= 4 is 17.5 Å². The fraction of sp³-hybridized carbons (Fsp3) is 0.500. The molecule has 1 fully saturated rings. The molecule has 0 radical (unpaired) electrons. The standard InChI is InChI=1S/C12H15ClN2O2/c1-12(5-7-17-8-6-12)15-11(16)9-3-2-4-10(13)14-9/h2-4H,5-8H2,1H3,(H,15,16). The minimum absolute atomic E-state index is 0.183. The van der Waals surface area contributed by atoms with Crippen LogP contribution in [0.3, 0.4) is 0 Å². The van der Waals surface area contributed by atoms with Crippen molar-refractivity contribution in [2.24, 2.45) is 0 Å². The number of carbonyl (C=O) groups excluding carboxylic acids is 1. The maximum Gasteiger partial charge on any atom is 0.270 e. The number of amides is 1. The summed E-state index contributed by atoms with van der Waals surface area (Å²) in [6.45, 7) is 3.39. The Kier molecular flexibility index (Phi) is 3.64. The van der Waals surface area contributed by atoms with E-state index in [0.717, 1.165) is 12.8 Å². The van der Waals surface area contributed by atoms with Crippen LogP contribution >= 0.6 is 11.6 Å². The van der Waals surface area contributed by atoms with Gasteiger partial charge in [0.05, 0.1) is 0 Å². The minimum Gasteiger partial charge on any atom is -0.381 e. The van der Waals surface area contributed by atoms with Crippen molar-refractivity contribution in [1.82, 2.24) is 10.3 Å². The van der Waals surface area contributed by atoms with E-state index in [9.17, 15) is 4.79 Å². The van der Waals surface area contributed by atoms with Crippen LogP contribution in [-0.2, 0) is 4.74 Å². The van der Waals surface area contributed by atoms with Crippen molar-refractivity contribution in [3.05, 3.63) is 29.0 Å². The molecule has 0 saturated carbocycles. The monoisotopic (exact) mass is 254 g/mol. The normalized spacial score (nSPS) is 18.7. The lowest BCUT2D eigenvalue weighted by molar-refractivity contribution is 0.0421. The van der Waals surface area contributed by atoms with E-state index < -0.39 is 0 Å². The molecule has 0 aromatic carbocycles. The first kappa shape index (κ1) is 12.3. The van der Waals surface area contributed by atoms with Crippen molar-refractivity contribution < 1.29 is 9.53 Å². The average Bonchev–Trinajstić information content (AvgIpc) is 2.29. The molecule has 1 N–H and O–H groups in total. The molecule has 4 nitrogen and oxygen atoms in total. The molecular weight excluding hydrogens is 240 g/mol. The molecule has 0 atom stereocenters. The quantitative estimate of drug-likeness (QED) is 0.822. The first-order chi connectivity index (χ1) is 8.09. The summed E-state index contributed by atoms with van der Waals surface area (Å²) in [6, 6.07) is 5.02. The fourth-order valence-corrected chi connectivity index (χ4v) is 1.98. The minimum atomic E-state index is -0.209. The number of hydrogen-bond donors (Lipinski definition) is 1. The van der Waals surface area contributed by atoms with Crippen LogP contribution < -0.4 is 5.32 Å². The number of halogens is 1. The van der Waals surface area contributed by atoms with E-state index in [4.69, 9.17) is 16.3 Å². The van der Waals surface area contributed by atoms with Gasteiger partial charge in [0.2, 0.25) is 0 Å². The van der Waals surface area contributed by atoms with E-state index in [0.29, 0.717) is 24.1 Å². The second kappa shape index (κ2) is 5.02. The Balaban J connectivity index is 2.06. The Morgan fingerprint density at radius 1 is 1.47 bits per heavy atom. The molecule has 5 heteroatoms. The SMILES string of the molecule is CC1(NC(=O)c2cccc(Cl)n2)CCOCC1. The lowest BCUT2D eigenvalue weighted by Gasteiger charge is -2.34. The van der Waals surface area contributed by atoms with Gasteiger partial charge in [0, 0.05) is 18.8 Å². The Labute approximate surface area is 105 Å². The number of rotatable bonds is 2. The maximum atomic E-state index is 12.0. The van der Waals surface area contributed by atoms with E-state index in [1.807, 2.05) is 6.92 Å². The molecule has 0 bridgehead atoms. The van der Waals surface area contributed by atoms with Crippen molar-refractivity contribution in [1.29, 1.82) is 0 Å². The molecule has 0 aliphatic carbocycles. The van der Waals surface area contributed by atoms with Gasteiger partial charge in [-0.15, -0.1) is 0 Å². The molecule has 17 heavy (non-hydrogen) atoms. The van der Waals surface area contributed by atoms with Gasteiger partial charge in [-0.05, 0) is 31.9 Å². The van der Waals surface area contributed by atoms with Crippen LogP contribution in [0.15, 0.2) is 18.2 Å². The summed E-state index contributed by atoms with van der Waals surface area (Å²) in [5.74, 6) is -0.183. The molecule has 1 aromatic rings. The predicted octanol–water partition coefficient (Wildman–Crippen LogP) is 2.03. The average molecular weight is 255 g/mol. The van der Waals surface area contributed by atoms with Gasteiger partial charge >= 0.3 is 0 Å². The summed E-state index contributed by atoms with van der Waals surface area (Å²) < 4.78 is 5.28. The summed E-state index contributed by atoms with van der Waals surface area (Å²) >= 11 is 5.76. The van der Waals surface area contributed by atoms with E-state index in [-0.39, 0.29) is 11.4 Å². The summed E-state index contributed by atoms with van der Waals surface area (Å²) in [6.07, 6.45) is 1.64.